The highest BCUT2D eigenvalue weighted by molar-refractivity contribution is 5.71. The van der Waals surface area contributed by atoms with Gasteiger partial charge in [-0.15, -0.1) is 0 Å². The minimum absolute atomic E-state index is 0.0724. The monoisotopic (exact) mass is 1080 g/mol. The molecule has 0 saturated carbocycles. The highest BCUT2D eigenvalue weighted by Crippen LogP contribution is 2.17. The van der Waals surface area contributed by atoms with Gasteiger partial charge in [0.1, 0.15) is 13.2 Å². The summed E-state index contributed by atoms with van der Waals surface area (Å²) in [6.07, 6.45) is 84.3. The molecule has 0 rings (SSSR count). The second-order valence-electron chi connectivity index (χ2n) is 22.7. The quantitative estimate of drug-likeness (QED) is 0.0261. The van der Waals surface area contributed by atoms with E-state index in [0.717, 1.165) is 83.5 Å². The molecule has 0 aliphatic heterocycles. The highest BCUT2D eigenvalue weighted by Gasteiger charge is 2.19. The van der Waals surface area contributed by atoms with Crippen LogP contribution in [0.5, 0.6) is 0 Å². The van der Waals surface area contributed by atoms with Gasteiger partial charge in [0, 0.05) is 19.3 Å². The average molecular weight is 1080 g/mol. The van der Waals surface area contributed by atoms with E-state index >= 15 is 0 Å². The maximum Gasteiger partial charge on any atom is 0.306 e. The summed E-state index contributed by atoms with van der Waals surface area (Å²) in [6, 6.07) is 0. The molecule has 0 N–H and O–H groups in total. The van der Waals surface area contributed by atoms with Gasteiger partial charge in [0.25, 0.3) is 0 Å². The molecule has 1 unspecified atom stereocenters. The van der Waals surface area contributed by atoms with Gasteiger partial charge < -0.3 is 14.2 Å². The minimum Gasteiger partial charge on any atom is -0.462 e. The van der Waals surface area contributed by atoms with Gasteiger partial charge in [-0.05, 0) is 89.9 Å². The molecule has 77 heavy (non-hydrogen) atoms. The molecule has 6 heteroatoms. The Hall–Kier alpha value is -2.89. The lowest BCUT2D eigenvalue weighted by atomic mass is 10.0. The van der Waals surface area contributed by atoms with Gasteiger partial charge in [0.05, 0.1) is 0 Å². The first kappa shape index (κ1) is 74.1. The van der Waals surface area contributed by atoms with E-state index in [9.17, 15) is 14.4 Å². The van der Waals surface area contributed by atoms with Crippen LogP contribution < -0.4 is 0 Å². The van der Waals surface area contributed by atoms with Crippen LogP contribution in [0.3, 0.4) is 0 Å². The van der Waals surface area contributed by atoms with E-state index in [4.69, 9.17) is 14.2 Å². The van der Waals surface area contributed by atoms with E-state index in [1.54, 1.807) is 0 Å². The number of esters is 3. The van der Waals surface area contributed by atoms with E-state index in [-0.39, 0.29) is 31.1 Å². The fourth-order valence-corrected chi connectivity index (χ4v) is 9.89. The maximum absolute atomic E-state index is 12.8. The zero-order chi connectivity index (χ0) is 55.7. The van der Waals surface area contributed by atoms with Crippen LogP contribution in [0.15, 0.2) is 60.8 Å². The Balaban J connectivity index is 3.99. The Labute approximate surface area is 479 Å². The van der Waals surface area contributed by atoms with Crippen LogP contribution >= 0.6 is 0 Å². The first-order chi connectivity index (χ1) is 38.0. The molecule has 0 aliphatic carbocycles. The topological polar surface area (TPSA) is 78.9 Å². The summed E-state index contributed by atoms with van der Waals surface area (Å²) in [5.41, 5.74) is 0. The van der Waals surface area contributed by atoms with Crippen LogP contribution in [0.2, 0.25) is 0 Å². The fraction of sp³-hybridized carbons (Fsp3) is 0.817. The summed E-state index contributed by atoms with van der Waals surface area (Å²) in [5, 5.41) is 0. The first-order valence-corrected chi connectivity index (χ1v) is 33.8. The number of hydrogen-bond donors (Lipinski definition) is 0. The zero-order valence-corrected chi connectivity index (χ0v) is 51.5. The Morgan fingerprint density at radius 1 is 0.260 bits per heavy atom. The van der Waals surface area contributed by atoms with Gasteiger partial charge in [0.15, 0.2) is 6.10 Å². The van der Waals surface area contributed by atoms with Gasteiger partial charge in [0.2, 0.25) is 0 Å². The molecule has 0 amide bonds. The van der Waals surface area contributed by atoms with Crippen molar-refractivity contribution in [1.82, 2.24) is 0 Å². The third kappa shape index (κ3) is 63.8. The summed E-state index contributed by atoms with van der Waals surface area (Å²) in [4.78, 5) is 38.0. The van der Waals surface area contributed by atoms with Crippen molar-refractivity contribution in [2.75, 3.05) is 13.2 Å². The fourth-order valence-electron chi connectivity index (χ4n) is 9.89. The van der Waals surface area contributed by atoms with Crippen LogP contribution in [0, 0.1) is 0 Å². The predicted octanol–water partition coefficient (Wildman–Crippen LogP) is 23.1. The molecule has 0 radical (unpaired) electrons. The van der Waals surface area contributed by atoms with Gasteiger partial charge in [-0.25, -0.2) is 0 Å². The van der Waals surface area contributed by atoms with Gasteiger partial charge in [-0.1, -0.05) is 306 Å². The molecule has 0 saturated heterocycles. The molecule has 0 aromatic rings. The summed E-state index contributed by atoms with van der Waals surface area (Å²) >= 11 is 0. The molecular formula is C71H128O6. The van der Waals surface area contributed by atoms with Crippen LogP contribution in [0.4, 0.5) is 0 Å². The van der Waals surface area contributed by atoms with E-state index in [0.29, 0.717) is 19.3 Å². The molecule has 0 fully saturated rings. The molecule has 0 bridgehead atoms. The van der Waals surface area contributed by atoms with Crippen molar-refractivity contribution < 1.29 is 28.6 Å². The van der Waals surface area contributed by atoms with Gasteiger partial charge >= 0.3 is 17.9 Å². The summed E-state index contributed by atoms with van der Waals surface area (Å²) in [5.74, 6) is -0.871. The summed E-state index contributed by atoms with van der Waals surface area (Å²) in [7, 11) is 0. The van der Waals surface area contributed by atoms with Crippen LogP contribution in [0.1, 0.15) is 355 Å². The molecule has 0 heterocycles. The van der Waals surface area contributed by atoms with Crippen molar-refractivity contribution >= 4 is 17.9 Å². The van der Waals surface area contributed by atoms with Crippen molar-refractivity contribution in [2.24, 2.45) is 0 Å². The molecule has 0 spiro atoms. The second kappa shape index (κ2) is 65.6. The van der Waals surface area contributed by atoms with E-state index in [1.165, 1.54) is 231 Å². The van der Waals surface area contributed by atoms with Gasteiger partial charge in [-0.2, -0.15) is 0 Å². The van der Waals surface area contributed by atoms with E-state index in [2.05, 4.69) is 81.5 Å². The molecular weight excluding hydrogens is 949 g/mol. The normalized spacial score (nSPS) is 12.4. The van der Waals surface area contributed by atoms with Crippen molar-refractivity contribution in [3.63, 3.8) is 0 Å². The van der Waals surface area contributed by atoms with Crippen LogP contribution in [-0.4, -0.2) is 37.2 Å². The van der Waals surface area contributed by atoms with Crippen LogP contribution in [0.25, 0.3) is 0 Å². The molecule has 0 aromatic carbocycles. The van der Waals surface area contributed by atoms with Crippen LogP contribution in [-0.2, 0) is 28.6 Å². The number of hydrogen-bond acceptors (Lipinski definition) is 6. The van der Waals surface area contributed by atoms with Crippen molar-refractivity contribution in [1.29, 1.82) is 0 Å². The minimum atomic E-state index is -0.771. The number of unbranched alkanes of at least 4 members (excludes halogenated alkanes) is 41. The molecule has 0 aliphatic rings. The van der Waals surface area contributed by atoms with Crippen molar-refractivity contribution in [3.05, 3.63) is 60.8 Å². The van der Waals surface area contributed by atoms with E-state index < -0.39 is 6.10 Å². The number of rotatable bonds is 62. The largest absolute Gasteiger partial charge is 0.462 e. The molecule has 0 aromatic heterocycles. The smallest absolute Gasteiger partial charge is 0.306 e. The molecule has 448 valence electrons. The predicted molar refractivity (Wildman–Crippen MR) is 335 cm³/mol. The number of carbonyl (C=O) groups excluding carboxylic acids is 3. The lowest BCUT2D eigenvalue weighted by molar-refractivity contribution is -0.167. The summed E-state index contributed by atoms with van der Waals surface area (Å²) in [6.45, 7) is 6.58. The van der Waals surface area contributed by atoms with E-state index in [1.807, 2.05) is 0 Å². The molecule has 1 atom stereocenters. The number of ether oxygens (including phenoxy) is 3. The SMILES string of the molecule is CCCCCCC/C=C\C/C=C\C/C=C\CCCCCCCCCCCCCCC(=O)OCC(COC(=O)CCCCCCC)OC(=O)CCCCCCCCCCCCCCCCC/C=C\C/C=C\CCCCCCC. The Morgan fingerprint density at radius 3 is 0.727 bits per heavy atom. The number of carbonyl (C=O) groups is 3. The zero-order valence-electron chi connectivity index (χ0n) is 51.5. The first-order valence-electron chi connectivity index (χ1n) is 33.8. The Bertz CT molecular complexity index is 1380. The van der Waals surface area contributed by atoms with Crippen molar-refractivity contribution in [3.8, 4) is 0 Å². The highest BCUT2D eigenvalue weighted by atomic mass is 16.6. The summed E-state index contributed by atoms with van der Waals surface area (Å²) < 4.78 is 16.8. The average Bonchev–Trinajstić information content (AvgIpc) is 3.43. The van der Waals surface area contributed by atoms with Gasteiger partial charge in [-0.3, -0.25) is 14.4 Å². The van der Waals surface area contributed by atoms with Crippen molar-refractivity contribution in [2.45, 2.75) is 361 Å². The standard InChI is InChI=1S/C71H128O6/c1-4-7-10-13-15-17-19-21-23-25-27-29-31-33-35-37-39-41-43-45-47-49-51-53-55-58-61-64-70(73)76-67-68(66-75-69(72)63-60-57-12-9-6-3)77-71(74)65-62-59-56-54-52-50-48-46-44-42-40-38-36-34-32-30-28-26-24-22-20-18-16-14-11-8-5-2/h19-22,25-28,31,33,68H,4-18,23-24,29-30,32,34-67H2,1-3H3/b21-19-,22-20-,27-25-,28-26-,33-31-. The second-order valence-corrected chi connectivity index (χ2v) is 22.7. The Kier molecular flexibility index (Phi) is 63.2. The molecule has 6 nitrogen and oxygen atoms in total. The lowest BCUT2D eigenvalue weighted by Crippen LogP contribution is -2.30. The Morgan fingerprint density at radius 2 is 0.468 bits per heavy atom. The number of allylic oxidation sites excluding steroid dienone is 10. The lowest BCUT2D eigenvalue weighted by Gasteiger charge is -2.18. The maximum atomic E-state index is 12.8. The third-order valence-electron chi connectivity index (χ3n) is 15.0. The third-order valence-corrected chi connectivity index (χ3v) is 15.0.